The van der Waals surface area contributed by atoms with Gasteiger partial charge >= 0.3 is 6.61 Å². The molecule has 1 saturated heterocycles. The number of amides is 1. The van der Waals surface area contributed by atoms with Crippen molar-refractivity contribution in [3.05, 3.63) is 66.1 Å². The Balaban J connectivity index is 1.43. The smallest absolute Gasteiger partial charge is 0.387 e. The lowest BCUT2D eigenvalue weighted by Crippen LogP contribution is -2.45. The Hall–Kier alpha value is -3.75. The number of nitrogens with zero attached hydrogens (tertiary/aromatic N) is 4. The summed E-state index contributed by atoms with van der Waals surface area (Å²) in [5.74, 6) is -0.0332. The van der Waals surface area contributed by atoms with Gasteiger partial charge < -0.3 is 14.2 Å². The van der Waals surface area contributed by atoms with Crippen molar-refractivity contribution in [2.24, 2.45) is 7.05 Å². The van der Waals surface area contributed by atoms with Crippen LogP contribution in [0.25, 0.3) is 22.3 Å². The molecule has 1 N–H and O–H groups in total. The molecule has 0 spiro atoms. The fourth-order valence-electron chi connectivity index (χ4n) is 3.98. The first-order chi connectivity index (χ1) is 15.0. The highest BCUT2D eigenvalue weighted by Crippen LogP contribution is 2.36. The molecule has 4 aromatic rings. The average Bonchev–Trinajstić information content (AvgIpc) is 3.35. The van der Waals surface area contributed by atoms with Crippen LogP contribution in [0, 0.1) is 0 Å². The third kappa shape index (κ3) is 3.41. The number of carbonyl (C=O) groups is 1. The summed E-state index contributed by atoms with van der Waals surface area (Å²) >= 11 is 0. The highest BCUT2D eigenvalue weighted by Gasteiger charge is 2.35. The van der Waals surface area contributed by atoms with Gasteiger partial charge in [0.05, 0.1) is 17.9 Å². The molecule has 0 radical (unpaired) electrons. The van der Waals surface area contributed by atoms with Crippen molar-refractivity contribution in [2.45, 2.75) is 19.1 Å². The summed E-state index contributed by atoms with van der Waals surface area (Å²) < 4.78 is 31.4. The van der Waals surface area contributed by atoms with Gasteiger partial charge in [-0.1, -0.05) is 12.1 Å². The van der Waals surface area contributed by atoms with Crippen molar-refractivity contribution < 1.29 is 18.3 Å². The van der Waals surface area contributed by atoms with E-state index in [-0.39, 0.29) is 17.7 Å². The van der Waals surface area contributed by atoms with Crippen LogP contribution in [0.3, 0.4) is 0 Å². The van der Waals surface area contributed by atoms with E-state index in [2.05, 4.69) is 19.9 Å². The largest absolute Gasteiger partial charge is 0.435 e. The van der Waals surface area contributed by atoms with Gasteiger partial charge in [0.1, 0.15) is 17.1 Å². The number of halogens is 2. The van der Waals surface area contributed by atoms with Gasteiger partial charge in [-0.25, -0.2) is 4.98 Å². The minimum absolute atomic E-state index is 0.0902. The highest BCUT2D eigenvalue weighted by atomic mass is 19.3. The molecule has 0 aliphatic carbocycles. The van der Waals surface area contributed by atoms with Crippen LogP contribution in [0.4, 0.5) is 8.78 Å². The van der Waals surface area contributed by atoms with E-state index in [0.717, 1.165) is 28.6 Å². The number of likely N-dealkylation sites (tertiary alicyclic amines) is 1. The van der Waals surface area contributed by atoms with Gasteiger partial charge in [0.25, 0.3) is 5.91 Å². The van der Waals surface area contributed by atoms with Crippen molar-refractivity contribution >= 4 is 16.9 Å². The number of rotatable bonds is 5. The van der Waals surface area contributed by atoms with Gasteiger partial charge in [-0.15, -0.1) is 0 Å². The Kier molecular flexibility index (Phi) is 4.65. The molecule has 1 aliphatic rings. The number of aromatic nitrogens is 4. The van der Waals surface area contributed by atoms with E-state index >= 15 is 0 Å². The molecular weight excluding hydrogens is 404 g/mol. The molecule has 1 fully saturated rings. The Morgan fingerprint density at radius 2 is 2.13 bits per heavy atom. The fourth-order valence-corrected chi connectivity index (χ4v) is 3.98. The van der Waals surface area contributed by atoms with Crippen LogP contribution in [-0.2, 0) is 7.05 Å². The van der Waals surface area contributed by atoms with Crippen LogP contribution in [0.2, 0.25) is 0 Å². The van der Waals surface area contributed by atoms with Crippen LogP contribution in [0.1, 0.15) is 28.5 Å². The van der Waals surface area contributed by atoms with Crippen molar-refractivity contribution in [2.75, 3.05) is 6.54 Å². The van der Waals surface area contributed by atoms with Gasteiger partial charge in [-0.05, 0) is 42.3 Å². The predicted octanol–water partition coefficient (Wildman–Crippen LogP) is 4.15. The standard InChI is InChI=1S/C22H19F2N5O2/c1-28-19(10-14-5-6-17(27-20(14)28)15-11-25-26-12-15)21(30)29-8-7-18(29)13-3-2-4-16(9-13)31-22(23)24/h2-6,9-12,18,22H,7-8H2,1H3,(H,25,26)/t18-/m1/s1. The summed E-state index contributed by atoms with van der Waals surface area (Å²) in [6, 6.07) is 12.0. The highest BCUT2D eigenvalue weighted by molar-refractivity contribution is 5.98. The van der Waals surface area contributed by atoms with E-state index in [9.17, 15) is 13.6 Å². The van der Waals surface area contributed by atoms with E-state index in [4.69, 9.17) is 0 Å². The second-order valence-corrected chi connectivity index (χ2v) is 7.44. The number of aryl methyl sites for hydroxylation is 1. The lowest BCUT2D eigenvalue weighted by atomic mass is 9.94. The molecule has 0 saturated carbocycles. The maximum atomic E-state index is 13.3. The van der Waals surface area contributed by atoms with Gasteiger partial charge in [0.15, 0.2) is 0 Å². The summed E-state index contributed by atoms with van der Waals surface area (Å²) in [7, 11) is 1.81. The molecule has 31 heavy (non-hydrogen) atoms. The minimum Gasteiger partial charge on any atom is -0.435 e. The topological polar surface area (TPSA) is 76.0 Å². The molecule has 5 rings (SSSR count). The van der Waals surface area contributed by atoms with Gasteiger partial charge in [-0.2, -0.15) is 13.9 Å². The molecule has 4 heterocycles. The van der Waals surface area contributed by atoms with E-state index in [0.29, 0.717) is 17.9 Å². The summed E-state index contributed by atoms with van der Waals surface area (Å²) in [5, 5.41) is 7.59. The first-order valence-electron chi connectivity index (χ1n) is 9.82. The van der Waals surface area contributed by atoms with Gasteiger partial charge in [0.2, 0.25) is 0 Å². The fraction of sp³-hybridized carbons (Fsp3) is 0.227. The van der Waals surface area contributed by atoms with Gasteiger partial charge in [0, 0.05) is 30.7 Å². The number of alkyl halides is 2. The molecular formula is C22H19F2N5O2. The number of carbonyl (C=O) groups excluding carboxylic acids is 1. The van der Waals surface area contributed by atoms with Crippen LogP contribution < -0.4 is 4.74 Å². The summed E-state index contributed by atoms with van der Waals surface area (Å²) in [6.07, 6.45) is 4.22. The van der Waals surface area contributed by atoms with E-state index in [1.807, 2.05) is 31.3 Å². The number of aromatic amines is 1. The zero-order valence-electron chi connectivity index (χ0n) is 16.6. The van der Waals surface area contributed by atoms with E-state index < -0.39 is 6.61 Å². The quantitative estimate of drug-likeness (QED) is 0.523. The first-order valence-corrected chi connectivity index (χ1v) is 9.82. The molecule has 1 aromatic carbocycles. The number of hydrogen-bond acceptors (Lipinski definition) is 4. The van der Waals surface area contributed by atoms with Crippen LogP contribution in [-0.4, -0.2) is 43.7 Å². The molecule has 1 atom stereocenters. The molecule has 1 amide bonds. The molecule has 0 bridgehead atoms. The molecule has 158 valence electrons. The maximum Gasteiger partial charge on any atom is 0.387 e. The van der Waals surface area contributed by atoms with Crippen LogP contribution >= 0.6 is 0 Å². The average molecular weight is 423 g/mol. The molecule has 1 aliphatic heterocycles. The first kappa shape index (κ1) is 19.2. The normalized spacial score (nSPS) is 16.0. The summed E-state index contributed by atoms with van der Waals surface area (Å²) in [6.45, 7) is -2.29. The number of H-pyrrole nitrogens is 1. The third-order valence-electron chi connectivity index (χ3n) is 5.64. The van der Waals surface area contributed by atoms with Crippen molar-refractivity contribution in [3.8, 4) is 17.0 Å². The maximum absolute atomic E-state index is 13.3. The Morgan fingerprint density at radius 3 is 2.84 bits per heavy atom. The van der Waals surface area contributed by atoms with E-state index in [1.54, 1.807) is 34.0 Å². The molecule has 9 heteroatoms. The number of benzene rings is 1. The van der Waals surface area contributed by atoms with Crippen molar-refractivity contribution in [3.63, 3.8) is 0 Å². The van der Waals surface area contributed by atoms with Crippen LogP contribution in [0.5, 0.6) is 5.75 Å². The number of hydrogen-bond donors (Lipinski definition) is 1. The molecule has 7 nitrogen and oxygen atoms in total. The number of ether oxygens (including phenoxy) is 1. The number of fused-ring (bicyclic) bond motifs is 1. The third-order valence-corrected chi connectivity index (χ3v) is 5.64. The molecule has 3 aromatic heterocycles. The van der Waals surface area contributed by atoms with Crippen molar-refractivity contribution in [1.82, 2.24) is 24.6 Å². The lowest BCUT2D eigenvalue weighted by molar-refractivity contribution is -0.0500. The Morgan fingerprint density at radius 1 is 1.26 bits per heavy atom. The summed E-state index contributed by atoms with van der Waals surface area (Å²) in [4.78, 5) is 19.7. The zero-order chi connectivity index (χ0) is 21.5. The van der Waals surface area contributed by atoms with Crippen LogP contribution in [0.15, 0.2) is 54.9 Å². The second-order valence-electron chi connectivity index (χ2n) is 7.44. The van der Waals surface area contributed by atoms with Gasteiger partial charge in [-0.3, -0.25) is 9.89 Å². The minimum atomic E-state index is -2.88. The lowest BCUT2D eigenvalue weighted by Gasteiger charge is -2.41. The molecule has 0 unspecified atom stereocenters. The monoisotopic (exact) mass is 423 g/mol. The Labute approximate surface area is 176 Å². The second kappa shape index (κ2) is 7.50. The van der Waals surface area contributed by atoms with E-state index in [1.165, 1.54) is 6.07 Å². The zero-order valence-corrected chi connectivity index (χ0v) is 16.6. The van der Waals surface area contributed by atoms with Crippen molar-refractivity contribution in [1.29, 1.82) is 0 Å². The predicted molar refractivity (Wildman–Crippen MR) is 110 cm³/mol. The number of pyridine rings is 1. The Bertz CT molecular complexity index is 1250. The number of nitrogens with one attached hydrogen (secondary N) is 1. The SMILES string of the molecule is Cn1c(C(=O)N2CC[C@@H]2c2cccc(OC(F)F)c2)cc2ccc(-c3cn[nH]c3)nc21. The summed E-state index contributed by atoms with van der Waals surface area (Å²) in [5.41, 5.74) is 3.63.